The van der Waals surface area contributed by atoms with Gasteiger partial charge in [-0.2, -0.15) is 0 Å². The Morgan fingerprint density at radius 3 is 2.00 bits per heavy atom. The van der Waals surface area contributed by atoms with Crippen molar-refractivity contribution in [3.8, 4) is 5.75 Å². The second-order valence-corrected chi connectivity index (χ2v) is 8.25. The lowest BCUT2D eigenvalue weighted by molar-refractivity contribution is 0.00578. The van der Waals surface area contributed by atoms with Crippen LogP contribution in [-0.2, 0) is 9.31 Å². The molecule has 2 rings (SSSR count). The lowest BCUT2D eigenvalue weighted by Gasteiger charge is -2.32. The highest BCUT2D eigenvalue weighted by molar-refractivity contribution is 6.55. The summed E-state index contributed by atoms with van der Waals surface area (Å²) >= 11 is 0. The average Bonchev–Trinajstić information content (AvgIpc) is 2.64. The monoisotopic (exact) mass is 332 g/mol. The summed E-state index contributed by atoms with van der Waals surface area (Å²) in [6.45, 7) is 13.9. The van der Waals surface area contributed by atoms with Gasteiger partial charge < -0.3 is 19.2 Å². The van der Waals surface area contributed by atoms with E-state index >= 15 is 0 Å². The van der Waals surface area contributed by atoms with Gasteiger partial charge in [-0.05, 0) is 71.6 Å². The summed E-state index contributed by atoms with van der Waals surface area (Å²) in [4.78, 5) is 0. The van der Waals surface area contributed by atoms with E-state index in [2.05, 4.69) is 0 Å². The minimum atomic E-state index is -0.537. The molecule has 4 nitrogen and oxygen atoms in total. The van der Waals surface area contributed by atoms with Crippen LogP contribution in [0.3, 0.4) is 0 Å². The maximum Gasteiger partial charge on any atom is 0.492 e. The molecule has 0 unspecified atom stereocenters. The van der Waals surface area contributed by atoms with Gasteiger partial charge in [-0.3, -0.25) is 0 Å². The molecule has 0 radical (unpaired) electrons. The predicted octanol–water partition coefficient (Wildman–Crippen LogP) is 3.87. The summed E-state index contributed by atoms with van der Waals surface area (Å²) in [6, 6.07) is 7.77. The van der Waals surface area contributed by atoms with Crippen molar-refractivity contribution in [1.82, 2.24) is 0 Å². The largest absolute Gasteiger partial charge is 0.492 e. The molecule has 1 aliphatic heterocycles. The van der Waals surface area contributed by atoms with Crippen molar-refractivity contribution in [3.05, 3.63) is 35.3 Å². The highest BCUT2D eigenvalue weighted by atomic mass is 16.7. The minimum Gasteiger partial charge on any atom is -0.488 e. The van der Waals surface area contributed by atoms with Gasteiger partial charge in [0.05, 0.1) is 17.8 Å². The molecule has 0 aromatic heterocycles. The molecule has 1 fully saturated rings. The first-order valence-corrected chi connectivity index (χ1v) is 8.40. The summed E-state index contributed by atoms with van der Waals surface area (Å²) in [5.41, 5.74) is 0.608. The van der Waals surface area contributed by atoms with Crippen LogP contribution in [0, 0.1) is 0 Å². The Balaban J connectivity index is 2.17. The molecule has 0 amide bonds. The molecule has 1 saturated heterocycles. The Morgan fingerprint density at radius 1 is 1.08 bits per heavy atom. The number of benzene rings is 1. The second-order valence-electron chi connectivity index (χ2n) is 8.25. The molecule has 0 aliphatic carbocycles. The fourth-order valence-electron chi connectivity index (χ4n) is 2.38. The van der Waals surface area contributed by atoms with Crippen LogP contribution >= 0.6 is 0 Å². The Labute approximate surface area is 146 Å². The van der Waals surface area contributed by atoms with Gasteiger partial charge in [-0.1, -0.05) is 18.2 Å². The number of ether oxygens (including phenoxy) is 1. The number of aliphatic hydroxyl groups excluding tert-OH is 1. The van der Waals surface area contributed by atoms with Crippen molar-refractivity contribution >= 4 is 13.2 Å². The minimum absolute atomic E-state index is 0.114. The summed E-state index contributed by atoms with van der Waals surface area (Å²) in [6.07, 6.45) is 1.91. The Hall–Kier alpha value is -1.30. The van der Waals surface area contributed by atoms with Gasteiger partial charge in [-0.15, -0.1) is 0 Å². The fraction of sp³-hybridized carbons (Fsp3) is 0.579. The molecule has 1 aromatic carbocycles. The maximum atomic E-state index is 9.74. The van der Waals surface area contributed by atoms with Crippen LogP contribution in [0.4, 0.5) is 0 Å². The van der Waals surface area contributed by atoms with E-state index in [0.29, 0.717) is 5.47 Å². The van der Waals surface area contributed by atoms with Gasteiger partial charge >= 0.3 is 7.12 Å². The average molecular weight is 332 g/mol. The number of rotatable bonds is 4. The second kappa shape index (κ2) is 6.55. The number of hydrogen-bond acceptors (Lipinski definition) is 4. The molecular weight excluding hydrogens is 303 g/mol. The van der Waals surface area contributed by atoms with E-state index in [1.54, 1.807) is 0 Å². The first-order chi connectivity index (χ1) is 10.9. The van der Waals surface area contributed by atoms with Crippen LogP contribution in [-0.4, -0.2) is 35.6 Å². The van der Waals surface area contributed by atoms with Crippen molar-refractivity contribution < 1.29 is 19.2 Å². The number of hydrogen-bond donors (Lipinski definition) is 1. The highest BCUT2D eigenvalue weighted by Crippen LogP contribution is 2.38. The van der Waals surface area contributed by atoms with E-state index in [1.165, 1.54) is 0 Å². The van der Waals surface area contributed by atoms with Crippen LogP contribution in [0.1, 0.15) is 54.0 Å². The van der Waals surface area contributed by atoms with Gasteiger partial charge in [-0.25, -0.2) is 0 Å². The van der Waals surface area contributed by atoms with E-state index in [1.807, 2.05) is 78.8 Å². The van der Waals surface area contributed by atoms with Crippen LogP contribution in [0.25, 0.3) is 6.08 Å². The first kappa shape index (κ1) is 19.0. The van der Waals surface area contributed by atoms with Crippen LogP contribution < -0.4 is 4.74 Å². The molecule has 1 aromatic rings. The smallest absolute Gasteiger partial charge is 0.488 e. The molecule has 0 saturated carbocycles. The molecule has 24 heavy (non-hydrogen) atoms. The molecular formula is C19H29BO4. The van der Waals surface area contributed by atoms with Crippen LogP contribution in [0.5, 0.6) is 5.75 Å². The molecule has 1 N–H and O–H groups in total. The van der Waals surface area contributed by atoms with Gasteiger partial charge in [0.2, 0.25) is 0 Å². The summed E-state index contributed by atoms with van der Waals surface area (Å²) < 4.78 is 17.8. The van der Waals surface area contributed by atoms with E-state index in [4.69, 9.17) is 14.0 Å². The van der Waals surface area contributed by atoms with Crippen molar-refractivity contribution in [2.24, 2.45) is 0 Å². The summed E-state index contributed by atoms with van der Waals surface area (Å²) in [5, 5.41) is 9.74. The predicted molar refractivity (Wildman–Crippen MR) is 98.0 cm³/mol. The molecule has 5 heteroatoms. The lowest BCUT2D eigenvalue weighted by Crippen LogP contribution is -2.41. The molecule has 132 valence electrons. The zero-order chi connectivity index (χ0) is 18.2. The van der Waals surface area contributed by atoms with Gasteiger partial charge in [0.15, 0.2) is 0 Å². The van der Waals surface area contributed by atoms with E-state index in [9.17, 15) is 5.11 Å². The zero-order valence-electron chi connectivity index (χ0n) is 15.8. The van der Waals surface area contributed by atoms with Crippen LogP contribution in [0.2, 0.25) is 0 Å². The van der Waals surface area contributed by atoms with E-state index in [0.717, 1.165) is 11.3 Å². The fourth-order valence-corrected chi connectivity index (χ4v) is 2.38. The Kier molecular flexibility index (Phi) is 5.19. The summed E-state index contributed by atoms with van der Waals surface area (Å²) in [7, 11) is -0.537. The zero-order valence-corrected chi connectivity index (χ0v) is 15.8. The Bertz CT molecular complexity index is 581. The molecule has 0 spiro atoms. The van der Waals surface area contributed by atoms with Gasteiger partial charge in [0.25, 0.3) is 0 Å². The van der Waals surface area contributed by atoms with E-state index < -0.39 is 18.3 Å². The lowest BCUT2D eigenvalue weighted by atomic mass is 9.77. The third-order valence-electron chi connectivity index (χ3n) is 4.39. The molecule has 0 bridgehead atoms. The Morgan fingerprint density at radius 2 is 1.58 bits per heavy atom. The van der Waals surface area contributed by atoms with Crippen molar-refractivity contribution in [2.75, 3.05) is 6.61 Å². The first-order valence-electron chi connectivity index (χ1n) is 8.40. The van der Waals surface area contributed by atoms with Gasteiger partial charge in [0, 0.05) is 0 Å². The molecule has 0 atom stereocenters. The van der Waals surface area contributed by atoms with Gasteiger partial charge in [0.1, 0.15) is 11.4 Å². The van der Waals surface area contributed by atoms with Crippen molar-refractivity contribution in [2.45, 2.75) is 65.3 Å². The third-order valence-corrected chi connectivity index (χ3v) is 4.39. The van der Waals surface area contributed by atoms with Crippen LogP contribution in [0.15, 0.2) is 29.7 Å². The quantitative estimate of drug-likeness (QED) is 0.851. The third kappa shape index (κ3) is 4.41. The summed E-state index contributed by atoms with van der Waals surface area (Å²) in [5.74, 6) is 0.820. The van der Waals surface area contributed by atoms with Crippen molar-refractivity contribution in [1.29, 1.82) is 0 Å². The topological polar surface area (TPSA) is 47.9 Å². The maximum absolute atomic E-state index is 9.74. The standard InChI is InChI=1S/C19H29BO4/c1-17(2,3)22-16-10-8-14(9-11-16)12-15(13-21)20-23-18(4,5)19(6,7)24-20/h8-12,21H,13H2,1-7H3. The normalized spacial score (nSPS) is 20.3. The molecule has 1 aliphatic rings. The highest BCUT2D eigenvalue weighted by Gasteiger charge is 2.52. The SMILES string of the molecule is CC(C)(C)Oc1ccc(C=C(CO)B2OC(C)(C)C(C)(C)O2)cc1. The molecule has 1 heterocycles. The number of aliphatic hydroxyl groups is 1. The van der Waals surface area contributed by atoms with Crippen molar-refractivity contribution in [3.63, 3.8) is 0 Å². The van der Waals surface area contributed by atoms with E-state index in [-0.39, 0.29) is 12.2 Å².